The van der Waals surface area contributed by atoms with Crippen molar-refractivity contribution in [2.75, 3.05) is 20.3 Å². The van der Waals surface area contributed by atoms with E-state index < -0.39 is 53.3 Å². The molecular weight excluding hydrogens is 477 g/mol. The summed E-state index contributed by atoms with van der Waals surface area (Å²) in [6, 6.07) is 6.07. The second kappa shape index (κ2) is 10.1. The Morgan fingerprint density at radius 2 is 1.92 bits per heavy atom. The van der Waals surface area contributed by atoms with Crippen molar-refractivity contribution in [2.45, 2.75) is 57.5 Å². The number of methoxy groups -OCH3 is 1. The first-order valence-corrected chi connectivity index (χ1v) is 12.1. The lowest BCUT2D eigenvalue weighted by atomic mass is 9.63. The molecule has 1 fully saturated rings. The van der Waals surface area contributed by atoms with Gasteiger partial charge < -0.3 is 30.3 Å². The van der Waals surface area contributed by atoms with Crippen LogP contribution in [-0.4, -0.2) is 54.9 Å². The van der Waals surface area contributed by atoms with Gasteiger partial charge in [-0.15, -0.1) is 0 Å². The lowest BCUT2D eigenvalue weighted by Crippen LogP contribution is -2.48. The fourth-order valence-corrected chi connectivity index (χ4v) is 5.75. The van der Waals surface area contributed by atoms with Crippen LogP contribution in [0.2, 0.25) is 0 Å². The highest BCUT2D eigenvalue weighted by Gasteiger charge is 2.49. The predicted octanol–water partition coefficient (Wildman–Crippen LogP) is 3.73. The molecule has 198 valence electrons. The average molecular weight is 511 g/mol. The van der Waals surface area contributed by atoms with Crippen LogP contribution < -0.4 is 10.6 Å². The third kappa shape index (κ3) is 4.99. The number of carbonyl (C=O) groups is 1. The first-order valence-electron chi connectivity index (χ1n) is 12.1. The largest absolute Gasteiger partial charge is 0.495 e. The number of fused-ring (bicyclic) bond motifs is 1. The van der Waals surface area contributed by atoms with E-state index >= 15 is 0 Å². The van der Waals surface area contributed by atoms with Crippen LogP contribution in [0.4, 0.5) is 18.0 Å². The Morgan fingerprint density at radius 1 is 1.25 bits per heavy atom. The quantitative estimate of drug-likeness (QED) is 0.484. The van der Waals surface area contributed by atoms with Crippen molar-refractivity contribution in [3.05, 3.63) is 58.5 Å². The topological polar surface area (TPSA) is 100 Å². The Hall–Kier alpha value is -2.56. The number of aliphatic hydroxyl groups is 2. The molecule has 0 radical (unpaired) electrons. The molecule has 1 saturated heterocycles. The number of benzene rings is 1. The number of amides is 2. The molecular formula is C26H33F3N2O5. The average Bonchev–Trinajstić information content (AvgIpc) is 3.14. The molecule has 2 amide bonds. The monoisotopic (exact) mass is 510 g/mol. The summed E-state index contributed by atoms with van der Waals surface area (Å²) in [6.07, 6.45) is -5.45. The molecule has 1 aromatic rings. The van der Waals surface area contributed by atoms with Gasteiger partial charge in [-0.25, -0.2) is 4.79 Å². The summed E-state index contributed by atoms with van der Waals surface area (Å²) in [6.45, 7) is 4.78. The third-order valence-electron chi connectivity index (χ3n) is 7.87. The van der Waals surface area contributed by atoms with E-state index in [1.807, 2.05) is 26.0 Å². The van der Waals surface area contributed by atoms with Gasteiger partial charge in [0.2, 0.25) is 0 Å². The zero-order valence-electron chi connectivity index (χ0n) is 20.6. The van der Waals surface area contributed by atoms with Crippen LogP contribution in [0, 0.1) is 17.3 Å². The predicted molar refractivity (Wildman–Crippen MR) is 126 cm³/mol. The SMILES string of the molecule is COC1=C(NC(=O)N[C@@H]2Cc3ccccc3[C@@H]2O)C(C)C(C2(C)CCOCC2)C=C1[C@@H](O)C(F)(F)F. The number of aliphatic hydroxyl groups excluding tert-OH is 2. The Bertz CT molecular complexity index is 1050. The molecule has 1 aliphatic heterocycles. The molecule has 2 aliphatic carbocycles. The second-order valence-corrected chi connectivity index (χ2v) is 10.1. The van der Waals surface area contributed by atoms with Gasteiger partial charge in [0, 0.05) is 24.7 Å². The number of nitrogens with one attached hydrogen (secondary N) is 2. The van der Waals surface area contributed by atoms with Crippen molar-refractivity contribution in [1.29, 1.82) is 0 Å². The van der Waals surface area contributed by atoms with E-state index in [0.29, 0.717) is 32.5 Å². The lowest BCUT2D eigenvalue weighted by molar-refractivity contribution is -0.192. The van der Waals surface area contributed by atoms with Gasteiger partial charge in [0.05, 0.1) is 25.0 Å². The minimum absolute atomic E-state index is 0.165. The van der Waals surface area contributed by atoms with E-state index in [1.54, 1.807) is 12.1 Å². The van der Waals surface area contributed by atoms with Crippen molar-refractivity contribution < 1.29 is 37.7 Å². The molecule has 4 rings (SSSR count). The molecule has 0 spiro atoms. The number of allylic oxidation sites excluding steroid dienone is 2. The lowest BCUT2D eigenvalue weighted by Gasteiger charge is -2.45. The minimum atomic E-state index is -4.91. The summed E-state index contributed by atoms with van der Waals surface area (Å²) >= 11 is 0. The van der Waals surface area contributed by atoms with Crippen LogP contribution in [0.1, 0.15) is 43.9 Å². The highest BCUT2D eigenvalue weighted by molar-refractivity contribution is 5.77. The molecule has 1 heterocycles. The molecule has 1 aromatic carbocycles. The minimum Gasteiger partial charge on any atom is -0.495 e. The maximum atomic E-state index is 13.6. The Balaban J connectivity index is 1.63. The molecule has 36 heavy (non-hydrogen) atoms. The van der Waals surface area contributed by atoms with Crippen molar-refractivity contribution in [3.63, 3.8) is 0 Å². The highest BCUT2D eigenvalue weighted by atomic mass is 19.4. The normalized spacial score (nSPS) is 28.7. The van der Waals surface area contributed by atoms with Crippen LogP contribution in [0.3, 0.4) is 0 Å². The van der Waals surface area contributed by atoms with E-state index in [2.05, 4.69) is 10.6 Å². The van der Waals surface area contributed by atoms with Crippen LogP contribution >= 0.6 is 0 Å². The number of alkyl halides is 3. The Kier molecular flexibility index (Phi) is 7.41. The van der Waals surface area contributed by atoms with Crippen molar-refractivity contribution in [2.24, 2.45) is 17.3 Å². The third-order valence-corrected chi connectivity index (χ3v) is 7.87. The van der Waals surface area contributed by atoms with Crippen LogP contribution in [0.25, 0.3) is 0 Å². The van der Waals surface area contributed by atoms with E-state index in [0.717, 1.165) is 11.1 Å². The molecule has 0 saturated carbocycles. The molecule has 0 bridgehead atoms. The van der Waals surface area contributed by atoms with Crippen molar-refractivity contribution in [3.8, 4) is 0 Å². The first-order chi connectivity index (χ1) is 17.0. The number of ether oxygens (including phenoxy) is 2. The van der Waals surface area contributed by atoms with Gasteiger partial charge in [0.25, 0.3) is 0 Å². The zero-order chi connectivity index (χ0) is 26.3. The Labute approximate surface area is 208 Å². The molecule has 2 unspecified atom stereocenters. The van der Waals surface area contributed by atoms with E-state index in [9.17, 15) is 28.2 Å². The summed E-state index contributed by atoms with van der Waals surface area (Å²) in [7, 11) is 1.21. The standard InChI is InChI=1S/C26H33F3N2O5/c1-14-18(25(2)8-10-36-11-9-25)13-17(23(33)26(27,28)29)22(35-3)20(14)31-24(34)30-19-12-15-6-4-5-7-16(15)21(19)32/h4-7,13-14,18-19,21,23,32-33H,8-12H2,1-3H3,(H2,30,31,34)/t14?,18?,19-,21+,23-/m1/s1. The van der Waals surface area contributed by atoms with Gasteiger partial charge in [-0.3, -0.25) is 0 Å². The summed E-state index contributed by atoms with van der Waals surface area (Å²) < 4.78 is 51.7. The maximum absolute atomic E-state index is 13.6. The number of hydrogen-bond donors (Lipinski definition) is 4. The van der Waals surface area contributed by atoms with Crippen LogP contribution in [0.15, 0.2) is 47.4 Å². The molecule has 10 heteroatoms. The second-order valence-electron chi connectivity index (χ2n) is 10.1. The summed E-state index contributed by atoms with van der Waals surface area (Å²) in [5.74, 6) is -1.03. The molecule has 5 atom stereocenters. The van der Waals surface area contributed by atoms with Crippen LogP contribution in [0.5, 0.6) is 0 Å². The number of hydrogen-bond acceptors (Lipinski definition) is 5. The fraction of sp³-hybridized carbons (Fsp3) is 0.577. The molecule has 7 nitrogen and oxygen atoms in total. The zero-order valence-corrected chi connectivity index (χ0v) is 20.6. The number of urea groups is 1. The van der Waals surface area contributed by atoms with E-state index in [-0.39, 0.29) is 11.5 Å². The van der Waals surface area contributed by atoms with Gasteiger partial charge in [-0.05, 0) is 41.7 Å². The molecule has 4 N–H and O–H groups in total. The Morgan fingerprint density at radius 3 is 2.53 bits per heavy atom. The number of halogens is 3. The van der Waals surface area contributed by atoms with Gasteiger partial charge >= 0.3 is 12.2 Å². The van der Waals surface area contributed by atoms with Crippen molar-refractivity contribution >= 4 is 6.03 Å². The summed E-state index contributed by atoms with van der Waals surface area (Å²) in [5, 5.41) is 26.3. The van der Waals surface area contributed by atoms with E-state index in [4.69, 9.17) is 9.47 Å². The fourth-order valence-electron chi connectivity index (χ4n) is 5.75. The summed E-state index contributed by atoms with van der Waals surface area (Å²) in [4.78, 5) is 13.1. The van der Waals surface area contributed by atoms with Crippen molar-refractivity contribution in [1.82, 2.24) is 10.6 Å². The van der Waals surface area contributed by atoms with Gasteiger partial charge in [-0.2, -0.15) is 13.2 Å². The maximum Gasteiger partial charge on any atom is 0.418 e. The summed E-state index contributed by atoms with van der Waals surface area (Å²) in [5.41, 5.74) is 1.00. The van der Waals surface area contributed by atoms with Gasteiger partial charge in [-0.1, -0.05) is 44.2 Å². The smallest absolute Gasteiger partial charge is 0.418 e. The highest BCUT2D eigenvalue weighted by Crippen LogP contribution is 2.49. The van der Waals surface area contributed by atoms with Crippen LogP contribution in [-0.2, 0) is 15.9 Å². The molecule has 0 aromatic heterocycles. The first kappa shape index (κ1) is 26.5. The molecule has 3 aliphatic rings. The van der Waals surface area contributed by atoms with Gasteiger partial charge in [0.15, 0.2) is 6.10 Å². The van der Waals surface area contributed by atoms with E-state index in [1.165, 1.54) is 13.2 Å². The van der Waals surface area contributed by atoms with Gasteiger partial charge in [0.1, 0.15) is 5.76 Å². The number of carbonyl (C=O) groups excluding carboxylic acids is 1. The number of rotatable bonds is 5.